The molecule has 0 bridgehead atoms. The van der Waals surface area contributed by atoms with Gasteiger partial charge in [-0.1, -0.05) is 0 Å². The Morgan fingerprint density at radius 3 is 1.44 bits per heavy atom. The molecule has 0 fully saturated rings. The number of hydrogen-bond acceptors (Lipinski definition) is 6. The summed E-state index contributed by atoms with van der Waals surface area (Å²) < 4.78 is 0. The summed E-state index contributed by atoms with van der Waals surface area (Å²) in [5.74, 6) is 0. The average Bonchev–Trinajstić information content (AvgIpc) is 2.17. The summed E-state index contributed by atoms with van der Waals surface area (Å²) in [5, 5.41) is 0. The lowest BCUT2D eigenvalue weighted by atomic mass is 9.84. The Morgan fingerprint density at radius 2 is 1.19 bits per heavy atom. The minimum atomic E-state index is -0.497. The van der Waals surface area contributed by atoms with Crippen molar-refractivity contribution >= 4 is 0 Å². The highest BCUT2D eigenvalue weighted by Crippen LogP contribution is 2.16. The van der Waals surface area contributed by atoms with E-state index >= 15 is 0 Å². The minimum Gasteiger partial charge on any atom is -0.330 e. The van der Waals surface area contributed by atoms with E-state index in [1.807, 2.05) is 0 Å². The van der Waals surface area contributed by atoms with Gasteiger partial charge in [0.1, 0.15) is 0 Å². The lowest BCUT2D eigenvalue weighted by molar-refractivity contribution is 0.310. The van der Waals surface area contributed by atoms with E-state index < -0.39 is 5.54 Å². The van der Waals surface area contributed by atoms with Gasteiger partial charge in [-0.05, 0) is 38.8 Å². The van der Waals surface area contributed by atoms with Gasteiger partial charge < -0.3 is 34.4 Å². The molecular weight excluding hydrogens is 204 g/mol. The lowest BCUT2D eigenvalue weighted by Gasteiger charge is -2.33. The maximum Gasteiger partial charge on any atom is 0.0308 e. The van der Waals surface area contributed by atoms with Crippen molar-refractivity contribution in [2.75, 3.05) is 19.6 Å². The zero-order valence-electron chi connectivity index (χ0n) is 10.1. The van der Waals surface area contributed by atoms with Crippen LogP contribution >= 0.6 is 0 Å². The molecule has 98 valence electrons. The van der Waals surface area contributed by atoms with Crippen LogP contribution in [-0.2, 0) is 0 Å². The van der Waals surface area contributed by atoms with Gasteiger partial charge in [0, 0.05) is 24.2 Å². The molecule has 0 radical (unpaired) electrons. The van der Waals surface area contributed by atoms with Gasteiger partial charge in [0.2, 0.25) is 0 Å². The molecule has 6 nitrogen and oxygen atoms in total. The predicted octanol–water partition coefficient (Wildman–Crippen LogP) is -2.22. The molecule has 0 aromatic heterocycles. The van der Waals surface area contributed by atoms with E-state index in [0.717, 1.165) is 12.8 Å². The third kappa shape index (κ3) is 6.37. The fourth-order valence-electron chi connectivity index (χ4n) is 1.93. The van der Waals surface area contributed by atoms with Gasteiger partial charge in [-0.25, -0.2) is 0 Å². The zero-order valence-corrected chi connectivity index (χ0v) is 10.1. The molecule has 6 heteroatoms. The van der Waals surface area contributed by atoms with Gasteiger partial charge in [-0.2, -0.15) is 0 Å². The molecule has 0 spiro atoms. The van der Waals surface area contributed by atoms with Gasteiger partial charge in [0.05, 0.1) is 0 Å². The van der Waals surface area contributed by atoms with Crippen LogP contribution in [-0.4, -0.2) is 37.3 Å². The summed E-state index contributed by atoms with van der Waals surface area (Å²) in [5.41, 5.74) is 34.1. The van der Waals surface area contributed by atoms with Gasteiger partial charge in [-0.15, -0.1) is 0 Å². The zero-order chi connectivity index (χ0) is 12.6. The van der Waals surface area contributed by atoms with Crippen molar-refractivity contribution in [3.63, 3.8) is 0 Å². The fraction of sp³-hybridized carbons (Fsp3) is 1.00. The van der Waals surface area contributed by atoms with Crippen molar-refractivity contribution in [1.82, 2.24) is 0 Å². The van der Waals surface area contributed by atoms with Crippen LogP contribution in [0.5, 0.6) is 0 Å². The van der Waals surface area contributed by atoms with E-state index in [9.17, 15) is 0 Å². The van der Waals surface area contributed by atoms with E-state index in [2.05, 4.69) is 0 Å². The van der Waals surface area contributed by atoms with E-state index in [-0.39, 0.29) is 12.1 Å². The molecule has 0 heterocycles. The largest absolute Gasteiger partial charge is 0.330 e. The molecule has 0 aliphatic rings. The molecule has 16 heavy (non-hydrogen) atoms. The van der Waals surface area contributed by atoms with Crippen LogP contribution in [0, 0.1) is 0 Å². The van der Waals surface area contributed by atoms with Crippen LogP contribution in [0.25, 0.3) is 0 Å². The maximum absolute atomic E-state index is 6.19. The summed E-state index contributed by atoms with van der Waals surface area (Å²) in [6.07, 6.45) is 2.81. The molecular formula is C10H28N6. The molecule has 12 N–H and O–H groups in total. The Balaban J connectivity index is 4.18. The standard InChI is InChI=1S/C10H28N6/c11-3-1-8(14)5-10(16,7-13)6-9(15)2-4-12/h8-9H,1-7,11-16H2. The molecule has 0 saturated carbocycles. The lowest BCUT2D eigenvalue weighted by Crippen LogP contribution is -2.54. The predicted molar refractivity (Wildman–Crippen MR) is 68.5 cm³/mol. The summed E-state index contributed by atoms with van der Waals surface area (Å²) in [7, 11) is 0. The van der Waals surface area contributed by atoms with Crippen molar-refractivity contribution < 1.29 is 0 Å². The Morgan fingerprint density at radius 1 is 0.812 bits per heavy atom. The van der Waals surface area contributed by atoms with E-state index in [0.29, 0.717) is 32.5 Å². The summed E-state index contributed by atoms with van der Waals surface area (Å²) >= 11 is 0. The summed E-state index contributed by atoms with van der Waals surface area (Å²) in [4.78, 5) is 0. The van der Waals surface area contributed by atoms with Gasteiger partial charge in [0.25, 0.3) is 0 Å². The number of rotatable bonds is 9. The quantitative estimate of drug-likeness (QED) is 0.264. The molecule has 2 atom stereocenters. The van der Waals surface area contributed by atoms with Gasteiger partial charge in [-0.3, -0.25) is 0 Å². The van der Waals surface area contributed by atoms with Crippen LogP contribution in [0.4, 0.5) is 0 Å². The second-order valence-electron chi connectivity index (χ2n) is 4.65. The van der Waals surface area contributed by atoms with Crippen molar-refractivity contribution in [3.8, 4) is 0 Å². The Labute approximate surface area is 98.1 Å². The van der Waals surface area contributed by atoms with E-state index in [1.165, 1.54) is 0 Å². The van der Waals surface area contributed by atoms with Crippen molar-refractivity contribution in [1.29, 1.82) is 0 Å². The summed E-state index contributed by atoms with van der Waals surface area (Å²) in [6, 6.07) is -0.0211. The van der Waals surface area contributed by atoms with Crippen LogP contribution in [0.15, 0.2) is 0 Å². The third-order valence-corrected chi connectivity index (χ3v) is 2.82. The monoisotopic (exact) mass is 232 g/mol. The minimum absolute atomic E-state index is 0.0105. The maximum atomic E-state index is 6.19. The second-order valence-corrected chi connectivity index (χ2v) is 4.65. The molecule has 0 aromatic carbocycles. The Hall–Kier alpha value is -0.240. The molecule has 0 amide bonds. The highest BCUT2D eigenvalue weighted by molar-refractivity contribution is 4.92. The molecule has 0 rings (SSSR count). The fourth-order valence-corrected chi connectivity index (χ4v) is 1.93. The third-order valence-electron chi connectivity index (χ3n) is 2.82. The highest BCUT2D eigenvalue weighted by Gasteiger charge is 2.27. The van der Waals surface area contributed by atoms with Gasteiger partial charge >= 0.3 is 0 Å². The average molecular weight is 232 g/mol. The van der Waals surface area contributed by atoms with Crippen LogP contribution in [0.3, 0.4) is 0 Å². The molecule has 0 aliphatic heterocycles. The van der Waals surface area contributed by atoms with Crippen LogP contribution < -0.4 is 34.4 Å². The Kier molecular flexibility index (Phi) is 7.82. The smallest absolute Gasteiger partial charge is 0.0308 e. The molecule has 0 aliphatic carbocycles. The number of nitrogens with two attached hydrogens (primary N) is 6. The van der Waals surface area contributed by atoms with Crippen LogP contribution in [0.1, 0.15) is 25.7 Å². The highest BCUT2D eigenvalue weighted by atomic mass is 14.8. The van der Waals surface area contributed by atoms with Crippen molar-refractivity contribution in [2.24, 2.45) is 34.4 Å². The van der Waals surface area contributed by atoms with Gasteiger partial charge in [0.15, 0.2) is 0 Å². The normalized spacial score (nSPS) is 19.1. The second kappa shape index (κ2) is 7.94. The topological polar surface area (TPSA) is 156 Å². The number of hydrogen-bond donors (Lipinski definition) is 6. The molecule has 2 unspecified atom stereocenters. The SMILES string of the molecule is NCCC(N)CC(N)(CN)CC(N)CCN. The van der Waals surface area contributed by atoms with Crippen molar-refractivity contribution in [2.45, 2.75) is 43.3 Å². The Bertz CT molecular complexity index is 161. The molecule has 0 saturated heterocycles. The van der Waals surface area contributed by atoms with E-state index in [1.54, 1.807) is 0 Å². The first kappa shape index (κ1) is 15.8. The molecule has 0 aromatic rings. The van der Waals surface area contributed by atoms with Crippen LogP contribution in [0.2, 0.25) is 0 Å². The first-order valence-corrected chi connectivity index (χ1v) is 5.87. The first-order valence-electron chi connectivity index (χ1n) is 5.87. The van der Waals surface area contributed by atoms with Crippen molar-refractivity contribution in [3.05, 3.63) is 0 Å². The first-order chi connectivity index (χ1) is 7.47. The van der Waals surface area contributed by atoms with E-state index in [4.69, 9.17) is 34.4 Å². The summed E-state index contributed by atoms with van der Waals surface area (Å²) in [6.45, 7) is 1.51.